The monoisotopic (exact) mass is 434 g/mol. The second kappa shape index (κ2) is 8.86. The van der Waals surface area contributed by atoms with Gasteiger partial charge in [0.2, 0.25) is 0 Å². The fourth-order valence-electron chi connectivity index (χ4n) is 3.79. The molecule has 0 aliphatic carbocycles. The van der Waals surface area contributed by atoms with Gasteiger partial charge in [0.15, 0.2) is 5.78 Å². The number of piperazine rings is 1. The standard InChI is InChI=1S/C24H23ClN4O2/c1-16-15-22(27-17(2)26-16)28-11-13-29(14-12-28)24(31)21-6-4-3-5-20(21)23(30)18-7-9-19(25)10-8-18/h3-10,15H,11-14H2,1-2H3. The van der Waals surface area contributed by atoms with Crippen LogP contribution in [0.5, 0.6) is 0 Å². The van der Waals surface area contributed by atoms with Gasteiger partial charge in [-0.2, -0.15) is 0 Å². The summed E-state index contributed by atoms with van der Waals surface area (Å²) < 4.78 is 0. The maximum Gasteiger partial charge on any atom is 0.254 e. The van der Waals surface area contributed by atoms with Gasteiger partial charge >= 0.3 is 0 Å². The Balaban J connectivity index is 1.51. The van der Waals surface area contributed by atoms with Crippen molar-refractivity contribution in [2.45, 2.75) is 13.8 Å². The van der Waals surface area contributed by atoms with Crippen LogP contribution in [0.3, 0.4) is 0 Å². The minimum Gasteiger partial charge on any atom is -0.353 e. The number of carbonyl (C=O) groups is 2. The normalized spacial score (nSPS) is 13.9. The van der Waals surface area contributed by atoms with Crippen molar-refractivity contribution >= 4 is 29.1 Å². The Hall–Kier alpha value is -3.25. The molecule has 4 rings (SSSR count). The Kier molecular flexibility index (Phi) is 6.00. The third kappa shape index (κ3) is 4.59. The van der Waals surface area contributed by atoms with E-state index >= 15 is 0 Å². The number of hydrogen-bond acceptors (Lipinski definition) is 5. The summed E-state index contributed by atoms with van der Waals surface area (Å²) in [7, 11) is 0. The van der Waals surface area contributed by atoms with Gasteiger partial charge < -0.3 is 9.80 Å². The lowest BCUT2D eigenvalue weighted by molar-refractivity contribution is 0.0742. The molecular weight excluding hydrogens is 412 g/mol. The molecule has 2 heterocycles. The number of rotatable bonds is 4. The van der Waals surface area contributed by atoms with E-state index in [1.807, 2.05) is 19.9 Å². The molecule has 0 spiro atoms. The number of halogens is 1. The molecule has 2 aromatic carbocycles. The molecule has 6 nitrogen and oxygen atoms in total. The number of ketones is 1. The first kappa shape index (κ1) is 21.0. The second-order valence-electron chi connectivity index (χ2n) is 7.58. The molecule has 158 valence electrons. The number of carbonyl (C=O) groups excluding carboxylic acids is 2. The van der Waals surface area contributed by atoms with Gasteiger partial charge in [-0.25, -0.2) is 9.97 Å². The molecule has 1 fully saturated rings. The number of nitrogens with zero attached hydrogens (tertiary/aromatic N) is 4. The van der Waals surface area contributed by atoms with Crippen LogP contribution in [0.1, 0.15) is 37.8 Å². The Morgan fingerprint density at radius 2 is 1.52 bits per heavy atom. The van der Waals surface area contributed by atoms with Crippen LogP contribution in [0, 0.1) is 13.8 Å². The molecular formula is C24H23ClN4O2. The van der Waals surface area contributed by atoms with Gasteiger partial charge in [0.25, 0.3) is 5.91 Å². The zero-order valence-corrected chi connectivity index (χ0v) is 18.3. The molecule has 0 radical (unpaired) electrons. The Morgan fingerprint density at radius 1 is 0.871 bits per heavy atom. The Labute approximate surface area is 186 Å². The number of amides is 1. The van der Waals surface area contributed by atoms with Crippen molar-refractivity contribution in [1.29, 1.82) is 0 Å². The summed E-state index contributed by atoms with van der Waals surface area (Å²) in [5, 5.41) is 0.563. The highest BCUT2D eigenvalue weighted by Gasteiger charge is 2.26. The Morgan fingerprint density at radius 3 is 2.16 bits per heavy atom. The lowest BCUT2D eigenvalue weighted by Gasteiger charge is -2.35. The summed E-state index contributed by atoms with van der Waals surface area (Å²) in [6, 6.07) is 15.6. The molecule has 1 amide bonds. The van der Waals surface area contributed by atoms with Crippen LogP contribution in [0.25, 0.3) is 0 Å². The van der Waals surface area contributed by atoms with Gasteiger partial charge in [0.1, 0.15) is 11.6 Å². The number of aryl methyl sites for hydroxylation is 2. The zero-order valence-electron chi connectivity index (χ0n) is 17.5. The fourth-order valence-corrected chi connectivity index (χ4v) is 3.92. The van der Waals surface area contributed by atoms with E-state index in [0.29, 0.717) is 47.9 Å². The average Bonchev–Trinajstić information content (AvgIpc) is 2.78. The quantitative estimate of drug-likeness (QED) is 0.582. The van der Waals surface area contributed by atoms with E-state index in [9.17, 15) is 9.59 Å². The molecule has 1 saturated heterocycles. The SMILES string of the molecule is Cc1cc(N2CCN(C(=O)c3ccccc3C(=O)c3ccc(Cl)cc3)CC2)nc(C)n1. The van der Waals surface area contributed by atoms with Crippen LogP contribution in [0.15, 0.2) is 54.6 Å². The first-order valence-electron chi connectivity index (χ1n) is 10.2. The van der Waals surface area contributed by atoms with Gasteiger partial charge in [0.05, 0.1) is 5.56 Å². The number of hydrogen-bond donors (Lipinski definition) is 0. The van der Waals surface area contributed by atoms with Gasteiger partial charge in [-0.3, -0.25) is 9.59 Å². The number of aromatic nitrogens is 2. The molecule has 1 aromatic heterocycles. The maximum atomic E-state index is 13.3. The zero-order chi connectivity index (χ0) is 22.0. The first-order chi connectivity index (χ1) is 14.9. The predicted molar refractivity (Wildman–Crippen MR) is 121 cm³/mol. The highest BCUT2D eigenvalue weighted by Crippen LogP contribution is 2.20. The van der Waals surface area contributed by atoms with E-state index in [4.69, 9.17) is 11.6 Å². The van der Waals surface area contributed by atoms with Crippen LogP contribution in [-0.2, 0) is 0 Å². The molecule has 7 heteroatoms. The van der Waals surface area contributed by atoms with E-state index in [-0.39, 0.29) is 11.7 Å². The molecule has 0 saturated carbocycles. The van der Waals surface area contributed by atoms with E-state index in [0.717, 1.165) is 17.3 Å². The summed E-state index contributed by atoms with van der Waals surface area (Å²) in [6.45, 7) is 6.30. The van der Waals surface area contributed by atoms with Crippen LogP contribution in [0.2, 0.25) is 5.02 Å². The van der Waals surface area contributed by atoms with Crippen molar-refractivity contribution in [2.24, 2.45) is 0 Å². The molecule has 0 atom stereocenters. The highest BCUT2D eigenvalue weighted by atomic mass is 35.5. The lowest BCUT2D eigenvalue weighted by atomic mass is 9.97. The van der Waals surface area contributed by atoms with Gasteiger partial charge in [-0.15, -0.1) is 0 Å². The molecule has 1 aliphatic heterocycles. The molecule has 0 unspecified atom stereocenters. The van der Waals surface area contributed by atoms with Crippen molar-refractivity contribution < 1.29 is 9.59 Å². The topological polar surface area (TPSA) is 66.4 Å². The summed E-state index contributed by atoms with van der Waals surface area (Å²) >= 11 is 5.93. The lowest BCUT2D eigenvalue weighted by Crippen LogP contribution is -2.49. The molecule has 3 aromatic rings. The average molecular weight is 435 g/mol. The van der Waals surface area contributed by atoms with Crippen LogP contribution in [0.4, 0.5) is 5.82 Å². The van der Waals surface area contributed by atoms with Crippen molar-refractivity contribution in [2.75, 3.05) is 31.1 Å². The summed E-state index contributed by atoms with van der Waals surface area (Å²) in [5.74, 6) is 1.30. The summed E-state index contributed by atoms with van der Waals surface area (Å²) in [6.07, 6.45) is 0. The van der Waals surface area contributed by atoms with E-state index < -0.39 is 0 Å². The van der Waals surface area contributed by atoms with Crippen LogP contribution in [-0.4, -0.2) is 52.7 Å². The van der Waals surface area contributed by atoms with Crippen LogP contribution < -0.4 is 4.90 Å². The predicted octanol–water partition coefficient (Wildman–Crippen LogP) is 3.94. The number of benzene rings is 2. The first-order valence-corrected chi connectivity index (χ1v) is 10.6. The van der Waals surface area contributed by atoms with Gasteiger partial charge in [-0.1, -0.05) is 29.8 Å². The largest absolute Gasteiger partial charge is 0.353 e. The molecule has 31 heavy (non-hydrogen) atoms. The van der Waals surface area contributed by atoms with E-state index in [1.54, 1.807) is 53.4 Å². The fraction of sp³-hybridized carbons (Fsp3) is 0.250. The van der Waals surface area contributed by atoms with Crippen molar-refractivity contribution in [3.8, 4) is 0 Å². The minimum absolute atomic E-state index is 0.132. The summed E-state index contributed by atoms with van der Waals surface area (Å²) in [5.41, 5.74) is 2.25. The van der Waals surface area contributed by atoms with Crippen molar-refractivity contribution in [3.05, 3.63) is 87.8 Å². The third-order valence-electron chi connectivity index (χ3n) is 5.35. The van der Waals surface area contributed by atoms with Crippen molar-refractivity contribution in [1.82, 2.24) is 14.9 Å². The maximum absolute atomic E-state index is 13.3. The van der Waals surface area contributed by atoms with E-state index in [1.165, 1.54) is 0 Å². The van der Waals surface area contributed by atoms with Gasteiger partial charge in [0, 0.05) is 54.1 Å². The minimum atomic E-state index is -0.189. The summed E-state index contributed by atoms with van der Waals surface area (Å²) in [4.78, 5) is 39.1. The highest BCUT2D eigenvalue weighted by molar-refractivity contribution is 6.30. The third-order valence-corrected chi connectivity index (χ3v) is 5.60. The second-order valence-corrected chi connectivity index (χ2v) is 8.01. The molecule has 1 aliphatic rings. The van der Waals surface area contributed by atoms with E-state index in [2.05, 4.69) is 14.9 Å². The molecule has 0 bridgehead atoms. The van der Waals surface area contributed by atoms with Crippen LogP contribution >= 0.6 is 11.6 Å². The Bertz CT molecular complexity index is 1100. The van der Waals surface area contributed by atoms with Crippen molar-refractivity contribution in [3.63, 3.8) is 0 Å². The molecule has 0 N–H and O–H groups in total. The number of anilines is 1. The van der Waals surface area contributed by atoms with Gasteiger partial charge in [-0.05, 0) is 44.2 Å². The smallest absolute Gasteiger partial charge is 0.254 e.